The summed E-state index contributed by atoms with van der Waals surface area (Å²) in [5.74, 6) is -0.331. The molecule has 0 aliphatic carbocycles. The molecule has 0 heterocycles. The van der Waals surface area contributed by atoms with Crippen LogP contribution in [-0.2, 0) is 20.7 Å². The molecule has 0 aliphatic rings. The maximum atomic E-state index is 11.9. The highest BCUT2D eigenvalue weighted by Gasteiger charge is 2.15. The average molecular weight is 372 g/mol. The molecule has 2 aromatic carbocycles. The number of nitrogens with zero attached hydrogens (tertiary/aromatic N) is 1. The number of carbonyl (C=O) groups is 2. The smallest absolute Gasteiger partial charge is 0.306 e. The fraction of sp³-hybridized carbons (Fsp3) is 0.263. The van der Waals surface area contributed by atoms with Crippen LogP contribution in [0.15, 0.2) is 42.5 Å². The number of hydrogen-bond acceptors (Lipinski definition) is 6. The summed E-state index contributed by atoms with van der Waals surface area (Å²) in [6.07, 6.45) is 0.615. The average Bonchev–Trinajstić information content (AvgIpc) is 2.66. The monoisotopic (exact) mass is 372 g/mol. The lowest BCUT2D eigenvalue weighted by Gasteiger charge is -2.09. The second-order valence-electron chi connectivity index (χ2n) is 5.76. The molecule has 27 heavy (non-hydrogen) atoms. The number of rotatable bonds is 8. The summed E-state index contributed by atoms with van der Waals surface area (Å²) in [6.45, 7) is 1.08. The molecule has 142 valence electrons. The number of nitro groups is 1. The van der Waals surface area contributed by atoms with Crippen LogP contribution < -0.4 is 10.1 Å². The van der Waals surface area contributed by atoms with Crippen LogP contribution in [-0.4, -0.2) is 30.5 Å². The van der Waals surface area contributed by atoms with Crippen molar-refractivity contribution in [3.05, 3.63) is 63.7 Å². The third kappa shape index (κ3) is 5.81. The van der Waals surface area contributed by atoms with Crippen molar-refractivity contribution < 1.29 is 24.0 Å². The van der Waals surface area contributed by atoms with Crippen LogP contribution >= 0.6 is 0 Å². The first-order valence-electron chi connectivity index (χ1n) is 8.23. The summed E-state index contributed by atoms with van der Waals surface area (Å²) in [5.41, 5.74) is 1.50. The van der Waals surface area contributed by atoms with Gasteiger partial charge in [-0.2, -0.15) is 0 Å². The Bertz CT molecular complexity index is 833. The number of esters is 1. The molecular weight excluding hydrogens is 352 g/mol. The van der Waals surface area contributed by atoms with Gasteiger partial charge >= 0.3 is 5.97 Å². The fourth-order valence-electron chi connectivity index (χ4n) is 2.40. The van der Waals surface area contributed by atoms with Gasteiger partial charge in [0.05, 0.1) is 23.3 Å². The molecule has 8 heteroatoms. The van der Waals surface area contributed by atoms with E-state index in [-0.39, 0.29) is 12.1 Å². The normalized spacial score (nSPS) is 10.1. The number of nitro benzene ring substituents is 1. The van der Waals surface area contributed by atoms with E-state index in [4.69, 9.17) is 9.47 Å². The summed E-state index contributed by atoms with van der Waals surface area (Å²) in [5, 5.41) is 13.4. The predicted octanol–water partition coefficient (Wildman–Crippen LogP) is 3.03. The van der Waals surface area contributed by atoms with Crippen molar-refractivity contribution >= 4 is 23.3 Å². The Morgan fingerprint density at radius 3 is 2.48 bits per heavy atom. The number of benzene rings is 2. The first-order valence-corrected chi connectivity index (χ1v) is 8.23. The van der Waals surface area contributed by atoms with Crippen LogP contribution in [0, 0.1) is 17.0 Å². The summed E-state index contributed by atoms with van der Waals surface area (Å²) >= 11 is 0. The molecule has 2 aromatic rings. The number of hydrogen-bond donors (Lipinski definition) is 1. The van der Waals surface area contributed by atoms with E-state index in [2.05, 4.69) is 5.32 Å². The van der Waals surface area contributed by atoms with E-state index >= 15 is 0 Å². The molecule has 8 nitrogen and oxygen atoms in total. The van der Waals surface area contributed by atoms with Gasteiger partial charge in [-0.05, 0) is 37.1 Å². The highest BCUT2D eigenvalue weighted by Crippen LogP contribution is 2.24. The number of methoxy groups -OCH3 is 1. The van der Waals surface area contributed by atoms with Crippen molar-refractivity contribution in [1.82, 2.24) is 0 Å². The van der Waals surface area contributed by atoms with Crippen LogP contribution in [0.3, 0.4) is 0 Å². The molecule has 0 radical (unpaired) electrons. The Labute approximate surface area is 156 Å². The first kappa shape index (κ1) is 19.9. The Morgan fingerprint density at radius 2 is 1.85 bits per heavy atom. The molecule has 0 aliphatic heterocycles. The van der Waals surface area contributed by atoms with E-state index in [9.17, 15) is 19.7 Å². The van der Waals surface area contributed by atoms with Gasteiger partial charge in [-0.15, -0.1) is 0 Å². The third-order valence-corrected chi connectivity index (χ3v) is 3.92. The molecule has 0 aromatic heterocycles. The zero-order valence-corrected chi connectivity index (χ0v) is 15.1. The topological polar surface area (TPSA) is 108 Å². The zero-order valence-electron chi connectivity index (χ0n) is 15.1. The summed E-state index contributed by atoms with van der Waals surface area (Å²) in [6, 6.07) is 11.7. The first-order chi connectivity index (χ1) is 12.9. The van der Waals surface area contributed by atoms with Gasteiger partial charge in [0.2, 0.25) is 0 Å². The highest BCUT2D eigenvalue weighted by molar-refractivity contribution is 5.94. The van der Waals surface area contributed by atoms with Crippen LogP contribution in [0.2, 0.25) is 0 Å². The number of aryl methyl sites for hydroxylation is 1. The molecule has 0 bridgehead atoms. The lowest BCUT2D eigenvalue weighted by molar-refractivity contribution is -0.385. The van der Waals surface area contributed by atoms with Gasteiger partial charge in [0.1, 0.15) is 5.75 Å². The van der Waals surface area contributed by atoms with Crippen LogP contribution in [0.1, 0.15) is 17.5 Å². The largest absolute Gasteiger partial charge is 0.497 e. The molecule has 0 saturated heterocycles. The molecule has 0 fully saturated rings. The van der Waals surface area contributed by atoms with Gasteiger partial charge < -0.3 is 14.8 Å². The number of carbonyl (C=O) groups excluding carboxylic acids is 2. The van der Waals surface area contributed by atoms with Gasteiger partial charge in [-0.3, -0.25) is 19.7 Å². The molecule has 1 amide bonds. The minimum absolute atomic E-state index is 0.0933. The maximum Gasteiger partial charge on any atom is 0.306 e. The SMILES string of the molecule is COc1ccc(CCC(=O)OCC(=O)Nc2cccc([N+](=O)[O-])c2C)cc1. The zero-order chi connectivity index (χ0) is 19.8. The molecule has 0 spiro atoms. The van der Waals surface area contributed by atoms with Gasteiger partial charge in [0.25, 0.3) is 11.6 Å². The van der Waals surface area contributed by atoms with Crippen molar-refractivity contribution in [2.75, 3.05) is 19.0 Å². The predicted molar refractivity (Wildman–Crippen MR) is 98.7 cm³/mol. The van der Waals surface area contributed by atoms with Gasteiger partial charge in [0.15, 0.2) is 6.61 Å². The van der Waals surface area contributed by atoms with Crippen molar-refractivity contribution in [1.29, 1.82) is 0 Å². The van der Waals surface area contributed by atoms with Gasteiger partial charge in [-0.25, -0.2) is 0 Å². The number of nitrogens with one attached hydrogen (secondary N) is 1. The van der Waals surface area contributed by atoms with E-state index in [1.54, 1.807) is 25.3 Å². The Balaban J connectivity index is 1.80. The third-order valence-electron chi connectivity index (χ3n) is 3.92. The van der Waals surface area contributed by atoms with Crippen LogP contribution in [0.25, 0.3) is 0 Å². The van der Waals surface area contributed by atoms with E-state index in [0.29, 0.717) is 17.7 Å². The summed E-state index contributed by atoms with van der Waals surface area (Å²) in [7, 11) is 1.58. The van der Waals surface area contributed by atoms with Crippen molar-refractivity contribution in [3.8, 4) is 5.75 Å². The molecule has 0 unspecified atom stereocenters. The Hall–Kier alpha value is -3.42. The fourth-order valence-corrected chi connectivity index (χ4v) is 2.40. The van der Waals surface area contributed by atoms with Crippen LogP contribution in [0.4, 0.5) is 11.4 Å². The van der Waals surface area contributed by atoms with Gasteiger partial charge in [0, 0.05) is 12.5 Å². The lowest BCUT2D eigenvalue weighted by Crippen LogP contribution is -2.21. The second-order valence-corrected chi connectivity index (χ2v) is 5.76. The lowest BCUT2D eigenvalue weighted by atomic mass is 10.1. The van der Waals surface area contributed by atoms with Crippen molar-refractivity contribution in [3.63, 3.8) is 0 Å². The van der Waals surface area contributed by atoms with E-state index in [1.807, 2.05) is 12.1 Å². The molecule has 0 atom stereocenters. The summed E-state index contributed by atoms with van der Waals surface area (Å²) in [4.78, 5) is 34.1. The van der Waals surface area contributed by atoms with Gasteiger partial charge in [-0.1, -0.05) is 18.2 Å². The van der Waals surface area contributed by atoms with E-state index in [0.717, 1.165) is 11.3 Å². The molecular formula is C19H20N2O6. The minimum atomic E-state index is -0.559. The van der Waals surface area contributed by atoms with E-state index in [1.165, 1.54) is 19.1 Å². The number of anilines is 1. The Kier molecular flexibility index (Phi) is 6.87. The number of amides is 1. The standard InChI is InChI=1S/C19H20N2O6/c1-13-16(4-3-5-17(13)21(24)25)20-18(22)12-27-19(23)11-8-14-6-9-15(26-2)10-7-14/h3-7,9-10H,8,11-12H2,1-2H3,(H,20,22). The van der Waals surface area contributed by atoms with Crippen molar-refractivity contribution in [2.45, 2.75) is 19.8 Å². The maximum absolute atomic E-state index is 11.9. The van der Waals surface area contributed by atoms with Crippen molar-refractivity contribution in [2.24, 2.45) is 0 Å². The van der Waals surface area contributed by atoms with E-state index < -0.39 is 23.4 Å². The summed E-state index contributed by atoms with van der Waals surface area (Å²) < 4.78 is 10.0. The molecule has 1 N–H and O–H groups in total. The quantitative estimate of drug-likeness (QED) is 0.433. The van der Waals surface area contributed by atoms with Crippen LogP contribution in [0.5, 0.6) is 5.75 Å². The Morgan fingerprint density at radius 1 is 1.15 bits per heavy atom. The minimum Gasteiger partial charge on any atom is -0.497 e. The molecule has 2 rings (SSSR count). The molecule has 0 saturated carbocycles. The highest BCUT2D eigenvalue weighted by atomic mass is 16.6. The second kappa shape index (κ2) is 9.33. The number of ether oxygens (including phenoxy) is 2.